The molecule has 0 aliphatic carbocycles. The van der Waals surface area contributed by atoms with Gasteiger partial charge in [-0.25, -0.2) is 14.1 Å². The minimum Gasteiger partial charge on any atom is -0.375 e. The van der Waals surface area contributed by atoms with E-state index in [1.54, 1.807) is 43.1 Å². The van der Waals surface area contributed by atoms with Crippen molar-refractivity contribution >= 4 is 23.4 Å². The van der Waals surface area contributed by atoms with E-state index in [0.29, 0.717) is 26.7 Å². The zero-order valence-electron chi connectivity index (χ0n) is 22.1. The number of halogens is 2. The Balaban J connectivity index is 1.38. The number of aromatic nitrogens is 4. The van der Waals surface area contributed by atoms with Crippen LogP contribution < -0.4 is 0 Å². The fraction of sp³-hybridized carbons (Fsp3) is 0.310. The van der Waals surface area contributed by atoms with Gasteiger partial charge in [0.25, 0.3) is 0 Å². The van der Waals surface area contributed by atoms with E-state index >= 15 is 0 Å². The fourth-order valence-corrected chi connectivity index (χ4v) is 6.50. The second-order valence-corrected chi connectivity index (χ2v) is 11.3. The molecule has 2 aliphatic rings. The van der Waals surface area contributed by atoms with Crippen LogP contribution in [0.5, 0.6) is 0 Å². The van der Waals surface area contributed by atoms with Crippen molar-refractivity contribution < 1.29 is 23.3 Å². The standard InChI is InChI=1S/C29H25ClFN5O4S/c1-16-8-9-18(10-20(16)31)22-14-36(35-34-22)25-26-23(15-38-28(40-26)17-6-4-3-5-7-17)39-29(27(25)37-2)41-24-11-19(30)13-33-21(24)12-32/h3-11,13-14,23,25-29H,15H2,1-2H3/t23?,25?,26-,27-,28?,29+/m0/s1. The number of methoxy groups -OCH3 is 1. The average molecular weight is 594 g/mol. The number of nitriles is 1. The van der Waals surface area contributed by atoms with Crippen molar-refractivity contribution in [1.29, 1.82) is 5.26 Å². The normalized spacial score (nSPS) is 25.8. The SMILES string of the molecule is CO[C@H]1C(n2cc(-c3ccc(C)c(F)c3)nn2)[C@H]2OC(c3ccccc3)OCC2O[C@@H]1Sc1cc(Cl)cnc1C#N. The van der Waals surface area contributed by atoms with Crippen molar-refractivity contribution in [3.63, 3.8) is 0 Å². The molecule has 2 aromatic heterocycles. The molecule has 9 nitrogen and oxygen atoms in total. The van der Waals surface area contributed by atoms with Gasteiger partial charge in [0, 0.05) is 29.3 Å². The van der Waals surface area contributed by atoms with Crippen molar-refractivity contribution in [1.82, 2.24) is 20.0 Å². The third kappa shape index (κ3) is 5.59. The molecule has 3 unspecified atom stereocenters. The van der Waals surface area contributed by atoms with E-state index in [1.807, 2.05) is 30.3 Å². The molecule has 0 spiro atoms. The minimum absolute atomic E-state index is 0.223. The molecule has 210 valence electrons. The lowest BCUT2D eigenvalue weighted by Crippen LogP contribution is -2.59. The van der Waals surface area contributed by atoms with Crippen LogP contribution in [0.4, 0.5) is 4.39 Å². The van der Waals surface area contributed by atoms with Crippen LogP contribution in [0.2, 0.25) is 5.02 Å². The predicted octanol–water partition coefficient (Wildman–Crippen LogP) is 5.50. The number of aryl methyl sites for hydroxylation is 1. The molecular weight excluding hydrogens is 569 g/mol. The Labute approximate surface area is 245 Å². The monoisotopic (exact) mass is 593 g/mol. The topological polar surface area (TPSA) is 104 Å². The van der Waals surface area contributed by atoms with E-state index in [0.717, 1.165) is 5.56 Å². The van der Waals surface area contributed by atoms with Crippen LogP contribution in [0, 0.1) is 24.1 Å². The summed E-state index contributed by atoms with van der Waals surface area (Å²) in [6.07, 6.45) is 0.921. The van der Waals surface area contributed by atoms with Crippen molar-refractivity contribution in [3.8, 4) is 17.3 Å². The van der Waals surface area contributed by atoms with Gasteiger partial charge in [0.15, 0.2) is 12.0 Å². The van der Waals surface area contributed by atoms with E-state index < -0.39 is 36.1 Å². The first-order valence-corrected chi connectivity index (χ1v) is 14.1. The second kappa shape index (κ2) is 11.9. The number of nitrogens with zero attached hydrogens (tertiary/aromatic N) is 5. The summed E-state index contributed by atoms with van der Waals surface area (Å²) in [4.78, 5) is 4.70. The van der Waals surface area contributed by atoms with Crippen LogP contribution in [-0.4, -0.2) is 57.4 Å². The van der Waals surface area contributed by atoms with Gasteiger partial charge in [-0.1, -0.05) is 71.0 Å². The minimum atomic E-state index is -0.623. The number of benzene rings is 2. The zero-order chi connectivity index (χ0) is 28.5. The summed E-state index contributed by atoms with van der Waals surface area (Å²) in [5, 5.41) is 18.8. The van der Waals surface area contributed by atoms with Gasteiger partial charge in [-0.05, 0) is 24.6 Å². The first-order chi connectivity index (χ1) is 19.9. The van der Waals surface area contributed by atoms with Gasteiger partial charge < -0.3 is 18.9 Å². The average Bonchev–Trinajstić information content (AvgIpc) is 3.48. The maximum absolute atomic E-state index is 14.4. The van der Waals surface area contributed by atoms with Crippen LogP contribution >= 0.6 is 23.4 Å². The highest BCUT2D eigenvalue weighted by Crippen LogP contribution is 2.45. The molecule has 12 heteroatoms. The fourth-order valence-electron chi connectivity index (χ4n) is 5.02. The summed E-state index contributed by atoms with van der Waals surface area (Å²) < 4.78 is 41.2. The number of fused-ring (bicyclic) bond motifs is 1. The molecule has 6 rings (SSSR count). The summed E-state index contributed by atoms with van der Waals surface area (Å²) >= 11 is 7.49. The quantitative estimate of drug-likeness (QED) is 0.286. The van der Waals surface area contributed by atoms with Gasteiger partial charge in [0.2, 0.25) is 0 Å². The van der Waals surface area contributed by atoms with Crippen LogP contribution in [0.3, 0.4) is 0 Å². The van der Waals surface area contributed by atoms with Gasteiger partial charge in [-0.2, -0.15) is 5.26 Å². The lowest BCUT2D eigenvalue weighted by molar-refractivity contribution is -0.308. The van der Waals surface area contributed by atoms with E-state index in [-0.39, 0.29) is 18.1 Å². The molecule has 2 aliphatic heterocycles. The molecule has 0 bridgehead atoms. The third-order valence-electron chi connectivity index (χ3n) is 7.11. The van der Waals surface area contributed by atoms with Gasteiger partial charge in [-0.3, -0.25) is 0 Å². The second-order valence-electron chi connectivity index (χ2n) is 9.69. The molecule has 4 aromatic rings. The Morgan fingerprint density at radius 2 is 2.00 bits per heavy atom. The summed E-state index contributed by atoms with van der Waals surface area (Å²) in [5.41, 5.74) is 2.13. The van der Waals surface area contributed by atoms with E-state index in [1.165, 1.54) is 24.0 Å². The highest BCUT2D eigenvalue weighted by Gasteiger charge is 2.52. The zero-order valence-corrected chi connectivity index (χ0v) is 23.6. The third-order valence-corrected chi connectivity index (χ3v) is 8.49. The highest BCUT2D eigenvalue weighted by atomic mass is 35.5. The maximum atomic E-state index is 14.4. The molecule has 0 saturated carbocycles. The molecule has 41 heavy (non-hydrogen) atoms. The summed E-state index contributed by atoms with van der Waals surface area (Å²) in [7, 11) is 1.58. The highest BCUT2D eigenvalue weighted by molar-refractivity contribution is 7.99. The molecule has 2 aromatic carbocycles. The van der Waals surface area contributed by atoms with Crippen LogP contribution in [-0.2, 0) is 18.9 Å². The maximum Gasteiger partial charge on any atom is 0.184 e. The number of hydrogen-bond donors (Lipinski definition) is 0. The van der Waals surface area contributed by atoms with Gasteiger partial charge >= 0.3 is 0 Å². The van der Waals surface area contributed by atoms with Gasteiger partial charge in [0.05, 0.1) is 17.8 Å². The largest absolute Gasteiger partial charge is 0.375 e. The Morgan fingerprint density at radius 1 is 1.17 bits per heavy atom. The lowest BCUT2D eigenvalue weighted by Gasteiger charge is -2.48. The van der Waals surface area contributed by atoms with Gasteiger partial charge in [0.1, 0.15) is 47.4 Å². The summed E-state index contributed by atoms with van der Waals surface area (Å²) in [6.45, 7) is 1.95. The lowest BCUT2D eigenvalue weighted by atomic mass is 9.95. The van der Waals surface area contributed by atoms with Crippen molar-refractivity contribution in [3.05, 3.63) is 94.7 Å². The molecule has 0 N–H and O–H groups in total. The first-order valence-electron chi connectivity index (χ1n) is 12.9. The van der Waals surface area contributed by atoms with Gasteiger partial charge in [-0.15, -0.1) is 5.10 Å². The van der Waals surface area contributed by atoms with E-state index in [2.05, 4.69) is 21.4 Å². The Bertz CT molecular complexity index is 1590. The predicted molar refractivity (Wildman–Crippen MR) is 148 cm³/mol. The van der Waals surface area contributed by atoms with Crippen molar-refractivity contribution in [2.45, 2.75) is 47.9 Å². The first kappa shape index (κ1) is 27.8. The Kier molecular flexibility index (Phi) is 8.03. The smallest absolute Gasteiger partial charge is 0.184 e. The van der Waals surface area contributed by atoms with E-state index in [9.17, 15) is 9.65 Å². The molecule has 0 amide bonds. The van der Waals surface area contributed by atoms with Crippen molar-refractivity contribution in [2.24, 2.45) is 0 Å². The molecule has 0 radical (unpaired) electrons. The molecular formula is C29H25ClFN5O4S. The number of hydrogen-bond acceptors (Lipinski definition) is 9. The Hall–Kier alpha value is -3.37. The number of thioether (sulfide) groups is 1. The molecule has 4 heterocycles. The molecule has 2 fully saturated rings. The van der Waals surface area contributed by atoms with Crippen LogP contribution in [0.1, 0.15) is 29.2 Å². The number of ether oxygens (including phenoxy) is 4. The van der Waals surface area contributed by atoms with Crippen LogP contribution in [0.15, 0.2) is 71.9 Å². The summed E-state index contributed by atoms with van der Waals surface area (Å²) in [6, 6.07) is 17.9. The molecule has 2 saturated heterocycles. The van der Waals surface area contributed by atoms with E-state index in [4.69, 9.17) is 30.5 Å². The van der Waals surface area contributed by atoms with Crippen molar-refractivity contribution in [2.75, 3.05) is 13.7 Å². The number of rotatable bonds is 6. The number of pyridine rings is 1. The Morgan fingerprint density at radius 3 is 2.76 bits per heavy atom. The summed E-state index contributed by atoms with van der Waals surface area (Å²) in [5.74, 6) is -0.323. The van der Waals surface area contributed by atoms with Crippen LogP contribution in [0.25, 0.3) is 11.3 Å². The molecule has 6 atom stereocenters.